The monoisotopic (exact) mass is 374 g/mol. The van der Waals surface area contributed by atoms with Gasteiger partial charge in [0, 0.05) is 0 Å². The number of benzene rings is 1. The normalized spacial score (nSPS) is 10.7. The molecule has 0 saturated heterocycles. The summed E-state index contributed by atoms with van der Waals surface area (Å²) in [6.07, 6.45) is -5.01. The SMILES string of the molecule is C=C(F)c1c(C(F)(F)F)nn(Cc2ccc(OC)cc2)c1C(=O)O.CC. The number of nitrogens with zero attached hydrogens (tertiary/aromatic N) is 2. The zero-order valence-electron chi connectivity index (χ0n) is 14.4. The minimum atomic E-state index is -5.01. The molecule has 2 aromatic rings. The molecule has 5 nitrogen and oxygen atoms in total. The quantitative estimate of drug-likeness (QED) is 0.776. The molecule has 0 bridgehead atoms. The van der Waals surface area contributed by atoms with E-state index < -0.39 is 34.9 Å². The minimum Gasteiger partial charge on any atom is -0.497 e. The third kappa shape index (κ3) is 4.62. The van der Waals surface area contributed by atoms with Crippen LogP contribution >= 0.6 is 0 Å². The summed E-state index contributed by atoms with van der Waals surface area (Å²) in [4.78, 5) is 11.3. The molecule has 0 atom stereocenters. The third-order valence-electron chi connectivity index (χ3n) is 3.19. The van der Waals surface area contributed by atoms with Crippen molar-refractivity contribution in [1.29, 1.82) is 0 Å². The smallest absolute Gasteiger partial charge is 0.435 e. The number of halogens is 4. The van der Waals surface area contributed by atoms with Gasteiger partial charge in [-0.05, 0) is 17.7 Å². The molecule has 1 heterocycles. The lowest BCUT2D eigenvalue weighted by molar-refractivity contribution is -0.141. The molecule has 142 valence electrons. The van der Waals surface area contributed by atoms with Crippen LogP contribution in [0.15, 0.2) is 30.8 Å². The molecule has 0 aliphatic carbocycles. The number of hydrogen-bond donors (Lipinski definition) is 1. The molecule has 0 fully saturated rings. The highest BCUT2D eigenvalue weighted by Crippen LogP contribution is 2.36. The van der Waals surface area contributed by atoms with Gasteiger partial charge < -0.3 is 9.84 Å². The van der Waals surface area contributed by atoms with E-state index in [1.54, 1.807) is 12.1 Å². The second-order valence-corrected chi connectivity index (χ2v) is 4.79. The van der Waals surface area contributed by atoms with E-state index in [2.05, 4.69) is 11.7 Å². The van der Waals surface area contributed by atoms with Crippen LogP contribution in [0.25, 0.3) is 5.83 Å². The predicted octanol–water partition coefficient (Wildman–Crippen LogP) is 4.62. The fourth-order valence-corrected chi connectivity index (χ4v) is 2.15. The number of hydrogen-bond acceptors (Lipinski definition) is 3. The van der Waals surface area contributed by atoms with Crippen molar-refractivity contribution in [2.75, 3.05) is 7.11 Å². The first-order chi connectivity index (χ1) is 12.1. The number of carboxylic acids is 1. The van der Waals surface area contributed by atoms with Gasteiger partial charge in [0.1, 0.15) is 11.6 Å². The lowest BCUT2D eigenvalue weighted by atomic mass is 10.1. The number of alkyl halides is 3. The van der Waals surface area contributed by atoms with Crippen molar-refractivity contribution < 1.29 is 32.2 Å². The minimum absolute atomic E-state index is 0.290. The molecule has 1 aromatic heterocycles. The van der Waals surface area contributed by atoms with Crippen molar-refractivity contribution >= 4 is 11.8 Å². The molecule has 0 radical (unpaired) electrons. The average molecular weight is 374 g/mol. The van der Waals surface area contributed by atoms with Crippen LogP contribution in [-0.2, 0) is 12.7 Å². The summed E-state index contributed by atoms with van der Waals surface area (Å²) >= 11 is 0. The third-order valence-corrected chi connectivity index (χ3v) is 3.19. The Kier molecular flexibility index (Phi) is 6.93. The predicted molar refractivity (Wildman–Crippen MR) is 87.8 cm³/mol. The Balaban J connectivity index is 0.00000163. The summed E-state index contributed by atoms with van der Waals surface area (Å²) in [5.74, 6) is -2.73. The fourth-order valence-electron chi connectivity index (χ4n) is 2.15. The van der Waals surface area contributed by atoms with Crippen LogP contribution in [-0.4, -0.2) is 28.0 Å². The Bertz CT molecular complexity index is 781. The van der Waals surface area contributed by atoms with Crippen molar-refractivity contribution in [2.45, 2.75) is 26.6 Å². The van der Waals surface area contributed by atoms with Gasteiger partial charge in [0.05, 0.1) is 19.2 Å². The van der Waals surface area contributed by atoms with Crippen LogP contribution in [0, 0.1) is 0 Å². The highest BCUT2D eigenvalue weighted by molar-refractivity contribution is 5.92. The van der Waals surface area contributed by atoms with Gasteiger partial charge in [-0.25, -0.2) is 9.18 Å². The van der Waals surface area contributed by atoms with Gasteiger partial charge >= 0.3 is 12.1 Å². The van der Waals surface area contributed by atoms with Crippen molar-refractivity contribution in [3.8, 4) is 5.75 Å². The summed E-state index contributed by atoms with van der Waals surface area (Å²) in [5, 5.41) is 12.4. The summed E-state index contributed by atoms with van der Waals surface area (Å²) in [6.45, 7) is 6.50. The number of aromatic carboxylic acids is 1. The first-order valence-corrected chi connectivity index (χ1v) is 7.54. The first-order valence-electron chi connectivity index (χ1n) is 7.54. The Morgan fingerprint density at radius 2 is 1.81 bits per heavy atom. The van der Waals surface area contributed by atoms with Gasteiger partial charge in [-0.2, -0.15) is 18.3 Å². The number of carboxylic acid groups (broad SMARTS) is 1. The standard InChI is InChI=1S/C15H12F4N2O3.C2H6/c1-8(16)11-12(14(22)23)21(20-13(11)15(17,18)19)7-9-3-5-10(24-2)6-4-9;1-2/h3-6H,1,7H2,2H3,(H,22,23);1-2H3. The number of aromatic nitrogens is 2. The van der Waals surface area contributed by atoms with Crippen LogP contribution in [0.4, 0.5) is 17.6 Å². The van der Waals surface area contributed by atoms with E-state index in [1.807, 2.05) is 13.8 Å². The Morgan fingerprint density at radius 1 is 1.27 bits per heavy atom. The summed E-state index contributed by atoms with van der Waals surface area (Å²) < 4.78 is 58.0. The summed E-state index contributed by atoms with van der Waals surface area (Å²) in [6, 6.07) is 6.17. The van der Waals surface area contributed by atoms with Crippen LogP contribution in [0.2, 0.25) is 0 Å². The van der Waals surface area contributed by atoms with Crippen molar-refractivity contribution in [1.82, 2.24) is 9.78 Å². The van der Waals surface area contributed by atoms with E-state index in [0.717, 1.165) is 0 Å². The zero-order valence-corrected chi connectivity index (χ0v) is 14.4. The molecule has 9 heteroatoms. The van der Waals surface area contributed by atoms with Gasteiger partial charge in [-0.3, -0.25) is 4.68 Å². The molecule has 0 spiro atoms. The lowest BCUT2D eigenvalue weighted by Gasteiger charge is -2.06. The van der Waals surface area contributed by atoms with Gasteiger partial charge in [0.25, 0.3) is 0 Å². The number of ether oxygens (including phenoxy) is 1. The Hall–Kier alpha value is -2.84. The Labute approximate surface area is 147 Å². The van der Waals surface area contributed by atoms with Gasteiger partial charge in [0.2, 0.25) is 0 Å². The van der Waals surface area contributed by atoms with Crippen LogP contribution in [0.1, 0.15) is 41.2 Å². The maximum absolute atomic E-state index is 13.5. The zero-order chi connectivity index (χ0) is 20.1. The van der Waals surface area contributed by atoms with E-state index in [9.17, 15) is 27.5 Å². The second kappa shape index (κ2) is 8.50. The molecule has 0 aliphatic rings. The highest BCUT2D eigenvalue weighted by atomic mass is 19.4. The molecule has 2 rings (SSSR count). The largest absolute Gasteiger partial charge is 0.497 e. The molecule has 0 amide bonds. The average Bonchev–Trinajstić information content (AvgIpc) is 2.97. The van der Waals surface area contributed by atoms with Crippen LogP contribution in [0.3, 0.4) is 0 Å². The Morgan fingerprint density at radius 3 is 2.19 bits per heavy atom. The van der Waals surface area contributed by atoms with Crippen LogP contribution < -0.4 is 4.74 Å². The molecule has 0 aliphatic heterocycles. The molecular weight excluding hydrogens is 356 g/mol. The molecule has 0 saturated carbocycles. The van der Waals surface area contributed by atoms with Crippen molar-refractivity contribution in [3.63, 3.8) is 0 Å². The molecule has 0 unspecified atom stereocenters. The molecule has 1 aromatic carbocycles. The van der Waals surface area contributed by atoms with Crippen molar-refractivity contribution in [3.05, 3.63) is 53.4 Å². The molecule has 26 heavy (non-hydrogen) atoms. The van der Waals surface area contributed by atoms with Gasteiger partial charge in [-0.1, -0.05) is 32.6 Å². The second-order valence-electron chi connectivity index (χ2n) is 4.79. The van der Waals surface area contributed by atoms with Crippen molar-refractivity contribution in [2.24, 2.45) is 0 Å². The topological polar surface area (TPSA) is 64.4 Å². The van der Waals surface area contributed by atoms with E-state index in [1.165, 1.54) is 19.2 Å². The van der Waals surface area contributed by atoms with Crippen LogP contribution in [0.5, 0.6) is 5.75 Å². The van der Waals surface area contributed by atoms with E-state index in [-0.39, 0.29) is 6.54 Å². The molecular formula is C17H18F4N2O3. The summed E-state index contributed by atoms with van der Waals surface area (Å²) in [7, 11) is 1.44. The number of rotatable bonds is 5. The maximum atomic E-state index is 13.5. The number of methoxy groups -OCH3 is 1. The van der Waals surface area contributed by atoms with E-state index in [0.29, 0.717) is 16.0 Å². The maximum Gasteiger partial charge on any atom is 0.435 e. The first kappa shape index (κ1) is 21.2. The van der Waals surface area contributed by atoms with Gasteiger partial charge in [0.15, 0.2) is 11.4 Å². The fraction of sp³-hybridized carbons (Fsp3) is 0.294. The lowest BCUT2D eigenvalue weighted by Crippen LogP contribution is -2.12. The van der Waals surface area contributed by atoms with E-state index in [4.69, 9.17) is 4.74 Å². The molecule has 1 N–H and O–H groups in total. The highest BCUT2D eigenvalue weighted by Gasteiger charge is 2.41. The van der Waals surface area contributed by atoms with E-state index >= 15 is 0 Å². The van der Waals surface area contributed by atoms with Gasteiger partial charge in [-0.15, -0.1) is 0 Å². The number of carbonyl (C=O) groups is 1. The summed E-state index contributed by atoms with van der Waals surface area (Å²) in [5.41, 5.74) is -3.24.